The summed E-state index contributed by atoms with van der Waals surface area (Å²) < 4.78 is 5.44. The van der Waals surface area contributed by atoms with Crippen molar-refractivity contribution in [2.45, 2.75) is 72.4 Å². The molecule has 0 bridgehead atoms. The highest BCUT2D eigenvalue weighted by Crippen LogP contribution is 2.30. The number of aliphatic imine (C=N–C) groups is 1. The first kappa shape index (κ1) is 20.2. The van der Waals surface area contributed by atoms with Crippen molar-refractivity contribution in [3.63, 3.8) is 0 Å². The molecule has 1 aliphatic carbocycles. The molecule has 3 rings (SSSR count). The van der Waals surface area contributed by atoms with Gasteiger partial charge in [-0.2, -0.15) is 0 Å². The van der Waals surface area contributed by atoms with Crippen molar-refractivity contribution in [1.82, 2.24) is 15.8 Å². The van der Waals surface area contributed by atoms with Gasteiger partial charge in [0, 0.05) is 30.6 Å². The molecule has 6 heteroatoms. The summed E-state index contributed by atoms with van der Waals surface area (Å²) in [6.45, 7) is 8.06. The summed E-state index contributed by atoms with van der Waals surface area (Å²) in [5, 5.41) is 21.3. The zero-order chi connectivity index (χ0) is 19.9. The number of rotatable bonds is 7. The molecule has 0 saturated heterocycles. The van der Waals surface area contributed by atoms with Crippen molar-refractivity contribution in [3.05, 3.63) is 45.8 Å². The largest absolute Gasteiger partial charge is 0.508 e. The first-order valence-corrected chi connectivity index (χ1v) is 10.5. The van der Waals surface area contributed by atoms with Crippen LogP contribution >= 0.6 is 0 Å². The van der Waals surface area contributed by atoms with E-state index in [0.29, 0.717) is 18.8 Å². The maximum atomic E-state index is 10.4. The number of fused-ring (bicyclic) bond motifs is 1. The van der Waals surface area contributed by atoms with Crippen molar-refractivity contribution in [2.75, 3.05) is 6.54 Å². The van der Waals surface area contributed by atoms with Crippen molar-refractivity contribution in [3.8, 4) is 5.75 Å². The van der Waals surface area contributed by atoms with Crippen LogP contribution in [0.1, 0.15) is 67.3 Å². The monoisotopic (exact) mass is 384 g/mol. The summed E-state index contributed by atoms with van der Waals surface area (Å²) in [4.78, 5) is 4.74. The van der Waals surface area contributed by atoms with Gasteiger partial charge in [-0.25, -0.2) is 4.99 Å². The highest BCUT2D eigenvalue weighted by molar-refractivity contribution is 5.79. The van der Waals surface area contributed by atoms with E-state index in [9.17, 15) is 5.11 Å². The third-order valence-corrected chi connectivity index (χ3v) is 5.41. The van der Waals surface area contributed by atoms with E-state index in [4.69, 9.17) is 9.52 Å². The van der Waals surface area contributed by atoms with E-state index in [1.807, 2.05) is 13.0 Å². The number of hydrogen-bond acceptors (Lipinski definition) is 4. The Labute approximate surface area is 167 Å². The van der Waals surface area contributed by atoms with Crippen molar-refractivity contribution >= 4 is 5.96 Å². The molecule has 0 unspecified atom stereocenters. The summed E-state index contributed by atoms with van der Waals surface area (Å²) in [5.74, 6) is 2.01. The van der Waals surface area contributed by atoms with E-state index in [1.54, 1.807) is 0 Å². The number of phenols is 1. The molecule has 1 aromatic carbocycles. The van der Waals surface area contributed by atoms with Crippen LogP contribution in [0.4, 0.5) is 0 Å². The van der Waals surface area contributed by atoms with Gasteiger partial charge in [-0.1, -0.05) is 25.1 Å². The maximum absolute atomic E-state index is 10.4. The van der Waals surface area contributed by atoms with Gasteiger partial charge in [-0.3, -0.25) is 0 Å². The van der Waals surface area contributed by atoms with Crippen LogP contribution in [0.5, 0.6) is 5.75 Å². The van der Waals surface area contributed by atoms with E-state index < -0.39 is 0 Å². The van der Waals surface area contributed by atoms with Crippen LogP contribution in [-0.4, -0.2) is 22.8 Å². The predicted octanol–water partition coefficient (Wildman–Crippen LogP) is 3.64. The van der Waals surface area contributed by atoms with Gasteiger partial charge >= 0.3 is 0 Å². The van der Waals surface area contributed by atoms with Gasteiger partial charge in [0.1, 0.15) is 11.5 Å². The minimum atomic E-state index is 0.365. The number of aromatic nitrogens is 1. The zero-order valence-electron chi connectivity index (χ0n) is 17.3. The molecule has 1 aromatic heterocycles. The van der Waals surface area contributed by atoms with Crippen LogP contribution in [0.25, 0.3) is 0 Å². The minimum Gasteiger partial charge on any atom is -0.508 e. The van der Waals surface area contributed by atoms with Crippen LogP contribution in [-0.2, 0) is 38.8 Å². The second-order valence-electron chi connectivity index (χ2n) is 7.19. The molecule has 0 fully saturated rings. The molecule has 0 aliphatic heterocycles. The quantitative estimate of drug-likeness (QED) is 0.501. The van der Waals surface area contributed by atoms with Crippen molar-refractivity contribution in [2.24, 2.45) is 4.99 Å². The van der Waals surface area contributed by atoms with Gasteiger partial charge in [0.2, 0.25) is 0 Å². The molecule has 28 heavy (non-hydrogen) atoms. The molecule has 1 heterocycles. The van der Waals surface area contributed by atoms with E-state index in [-0.39, 0.29) is 0 Å². The standard InChI is InChI=1S/C22H32N4O2/c1-4-19-18(21(5-2)28-26-19)14-25-22(23-6-3)24-13-17-16-10-8-7-9-15(16)11-12-20(17)27/h11-12,27H,4-10,13-14H2,1-3H3,(H2,23,24,25). The third-order valence-electron chi connectivity index (χ3n) is 5.41. The molecular weight excluding hydrogens is 352 g/mol. The average Bonchev–Trinajstić information content (AvgIpc) is 3.13. The second kappa shape index (κ2) is 9.62. The van der Waals surface area contributed by atoms with Gasteiger partial charge in [0.15, 0.2) is 5.96 Å². The van der Waals surface area contributed by atoms with Crippen LogP contribution in [0, 0.1) is 0 Å². The number of hydrogen-bond donors (Lipinski definition) is 3. The lowest BCUT2D eigenvalue weighted by molar-refractivity contribution is 0.380. The molecule has 6 nitrogen and oxygen atoms in total. The van der Waals surface area contributed by atoms with Crippen molar-refractivity contribution in [1.29, 1.82) is 0 Å². The highest BCUT2D eigenvalue weighted by Gasteiger charge is 2.17. The smallest absolute Gasteiger partial charge is 0.191 e. The molecular formula is C22H32N4O2. The fraction of sp³-hybridized carbons (Fsp3) is 0.545. The average molecular weight is 385 g/mol. The minimum absolute atomic E-state index is 0.365. The molecule has 1 aliphatic rings. The summed E-state index contributed by atoms with van der Waals surface area (Å²) in [6.07, 6.45) is 6.20. The summed E-state index contributed by atoms with van der Waals surface area (Å²) >= 11 is 0. The number of guanidine groups is 1. The second-order valence-corrected chi connectivity index (χ2v) is 7.19. The predicted molar refractivity (Wildman–Crippen MR) is 112 cm³/mol. The summed E-state index contributed by atoms with van der Waals surface area (Å²) in [5.41, 5.74) is 5.73. The molecule has 2 aromatic rings. The fourth-order valence-corrected chi connectivity index (χ4v) is 3.88. The lowest BCUT2D eigenvalue weighted by Gasteiger charge is -2.21. The topological polar surface area (TPSA) is 82.7 Å². The first-order valence-electron chi connectivity index (χ1n) is 10.5. The Morgan fingerprint density at radius 2 is 1.93 bits per heavy atom. The maximum Gasteiger partial charge on any atom is 0.191 e. The Morgan fingerprint density at radius 3 is 2.68 bits per heavy atom. The SMILES string of the molecule is CCNC(=NCc1c(CC)noc1CC)NCc1c(O)ccc2c1CCCC2. The molecule has 3 N–H and O–H groups in total. The summed E-state index contributed by atoms with van der Waals surface area (Å²) in [6, 6.07) is 3.89. The van der Waals surface area contributed by atoms with Crippen LogP contribution in [0.15, 0.2) is 21.6 Å². The number of aryl methyl sites for hydroxylation is 3. The Morgan fingerprint density at radius 1 is 1.11 bits per heavy atom. The van der Waals surface area contributed by atoms with Gasteiger partial charge in [-0.15, -0.1) is 0 Å². The van der Waals surface area contributed by atoms with Crippen molar-refractivity contribution < 1.29 is 9.63 Å². The van der Waals surface area contributed by atoms with E-state index in [0.717, 1.165) is 60.8 Å². The fourth-order valence-electron chi connectivity index (χ4n) is 3.88. The summed E-state index contributed by atoms with van der Waals surface area (Å²) in [7, 11) is 0. The third kappa shape index (κ3) is 4.49. The lowest BCUT2D eigenvalue weighted by Crippen LogP contribution is -2.37. The number of nitrogens with zero attached hydrogens (tertiary/aromatic N) is 2. The molecule has 0 radical (unpaired) electrons. The normalized spacial score (nSPS) is 14.0. The van der Waals surface area contributed by atoms with Gasteiger partial charge in [0.25, 0.3) is 0 Å². The number of nitrogens with one attached hydrogen (secondary N) is 2. The van der Waals surface area contributed by atoms with Crippen LogP contribution in [0.3, 0.4) is 0 Å². The van der Waals surface area contributed by atoms with Crippen LogP contribution < -0.4 is 10.6 Å². The number of phenolic OH excluding ortho intramolecular Hbond substituents is 1. The Balaban J connectivity index is 1.76. The van der Waals surface area contributed by atoms with Gasteiger partial charge in [0.05, 0.1) is 12.2 Å². The Bertz CT molecular complexity index is 805. The Hall–Kier alpha value is -2.50. The van der Waals surface area contributed by atoms with E-state index in [2.05, 4.69) is 35.7 Å². The van der Waals surface area contributed by atoms with E-state index >= 15 is 0 Å². The first-order chi connectivity index (χ1) is 13.7. The lowest BCUT2D eigenvalue weighted by atomic mass is 9.88. The van der Waals surface area contributed by atoms with Crippen LogP contribution in [0.2, 0.25) is 0 Å². The molecule has 0 spiro atoms. The molecule has 152 valence electrons. The number of aromatic hydroxyl groups is 1. The Kier molecular flexibility index (Phi) is 6.95. The van der Waals surface area contributed by atoms with Gasteiger partial charge in [-0.05, 0) is 56.2 Å². The number of benzene rings is 1. The zero-order valence-corrected chi connectivity index (χ0v) is 17.3. The highest BCUT2D eigenvalue weighted by atomic mass is 16.5. The van der Waals surface area contributed by atoms with E-state index in [1.165, 1.54) is 24.0 Å². The molecule has 0 atom stereocenters. The molecule has 0 saturated carbocycles. The van der Waals surface area contributed by atoms with Gasteiger partial charge < -0.3 is 20.3 Å². The molecule has 0 amide bonds.